The molecule has 2 aliphatic rings. The fraction of sp³-hybridized carbons (Fsp3) is 0.480. The molecule has 2 fully saturated rings. The van der Waals surface area contributed by atoms with Gasteiger partial charge in [0.15, 0.2) is 21.5 Å². The van der Waals surface area contributed by atoms with E-state index in [1.54, 1.807) is 0 Å². The van der Waals surface area contributed by atoms with Gasteiger partial charge in [0.25, 0.3) is 5.91 Å². The maximum absolute atomic E-state index is 13.6. The summed E-state index contributed by atoms with van der Waals surface area (Å²) < 4.78 is 53.9. The van der Waals surface area contributed by atoms with Gasteiger partial charge in [-0.15, -0.1) is 0 Å². The van der Waals surface area contributed by atoms with E-state index in [9.17, 15) is 22.0 Å². The van der Waals surface area contributed by atoms with Crippen LogP contribution in [-0.4, -0.2) is 43.6 Å². The van der Waals surface area contributed by atoms with Crippen LogP contribution in [-0.2, 0) is 9.84 Å². The number of anilines is 1. The fourth-order valence-electron chi connectivity index (χ4n) is 5.52. The molecule has 0 aliphatic heterocycles. The molecular weight excluding hydrogens is 482 g/mol. The van der Waals surface area contributed by atoms with Crippen molar-refractivity contribution in [2.45, 2.75) is 61.8 Å². The zero-order chi connectivity index (χ0) is 24.8. The number of halogens is 3. The standard InChI is InChI=1S/C25H29ClF2N2O3S/c1-14(2)30(3)24-15-4-5-16(24)11-19(10-15)34(32,33)23-12-17(6-8-20(23)26)25(31)29-18-7-9-21(27)22(28)13-18/h6-9,12-16,19,24H,4-5,10-11H2,1-3H3,(H,29,31). The maximum atomic E-state index is 13.6. The van der Waals surface area contributed by atoms with E-state index in [0.717, 1.165) is 25.0 Å². The van der Waals surface area contributed by atoms with E-state index >= 15 is 0 Å². The van der Waals surface area contributed by atoms with Crippen LogP contribution in [0.15, 0.2) is 41.3 Å². The molecule has 0 aromatic heterocycles. The van der Waals surface area contributed by atoms with Crippen molar-refractivity contribution >= 4 is 33.0 Å². The SMILES string of the molecule is CC(C)N(C)C1C2CCC1CC(S(=O)(=O)c1cc(C(=O)Nc3ccc(F)c(F)c3)ccc1Cl)C2. The first-order chi connectivity index (χ1) is 16.0. The second kappa shape index (κ2) is 9.55. The van der Waals surface area contributed by atoms with Gasteiger partial charge in [-0.1, -0.05) is 11.6 Å². The van der Waals surface area contributed by atoms with Gasteiger partial charge in [0.2, 0.25) is 0 Å². The Labute approximate surface area is 204 Å². The van der Waals surface area contributed by atoms with Gasteiger partial charge in [-0.2, -0.15) is 0 Å². The Morgan fingerprint density at radius 1 is 1.06 bits per heavy atom. The molecule has 0 saturated heterocycles. The lowest BCUT2D eigenvalue weighted by molar-refractivity contribution is 0.0953. The molecule has 0 radical (unpaired) electrons. The van der Waals surface area contributed by atoms with Crippen molar-refractivity contribution in [3.8, 4) is 0 Å². The third-order valence-electron chi connectivity index (χ3n) is 7.41. The Hall–Kier alpha value is -2.03. The fourth-order valence-corrected chi connectivity index (χ4v) is 7.95. The number of hydrogen-bond acceptors (Lipinski definition) is 4. The monoisotopic (exact) mass is 510 g/mol. The van der Waals surface area contributed by atoms with E-state index < -0.39 is 32.6 Å². The molecule has 5 nitrogen and oxygen atoms in total. The summed E-state index contributed by atoms with van der Waals surface area (Å²) in [5, 5.41) is 1.98. The molecule has 2 aliphatic carbocycles. The number of benzene rings is 2. The second-order valence-corrected chi connectivity index (χ2v) is 12.3. The smallest absolute Gasteiger partial charge is 0.255 e. The van der Waals surface area contributed by atoms with Crippen LogP contribution in [0.1, 0.15) is 49.9 Å². The molecule has 1 N–H and O–H groups in total. The van der Waals surface area contributed by atoms with Crippen molar-refractivity contribution in [1.29, 1.82) is 0 Å². The lowest BCUT2D eigenvalue weighted by Crippen LogP contribution is -2.48. The van der Waals surface area contributed by atoms with E-state index in [0.29, 0.717) is 36.8 Å². The Morgan fingerprint density at radius 3 is 2.29 bits per heavy atom. The van der Waals surface area contributed by atoms with Gasteiger partial charge >= 0.3 is 0 Å². The number of fused-ring (bicyclic) bond motifs is 2. The molecule has 2 bridgehead atoms. The van der Waals surface area contributed by atoms with Crippen molar-refractivity contribution in [2.24, 2.45) is 11.8 Å². The Morgan fingerprint density at radius 2 is 1.71 bits per heavy atom. The molecule has 2 aromatic rings. The Kier molecular flexibility index (Phi) is 7.04. The number of amides is 1. The molecule has 2 saturated carbocycles. The number of carbonyl (C=O) groups is 1. The van der Waals surface area contributed by atoms with E-state index in [1.165, 1.54) is 24.3 Å². The zero-order valence-corrected chi connectivity index (χ0v) is 21.0. The first-order valence-corrected chi connectivity index (χ1v) is 13.4. The molecule has 184 valence electrons. The number of nitrogens with zero attached hydrogens (tertiary/aromatic N) is 1. The number of sulfone groups is 1. The highest BCUT2D eigenvalue weighted by Gasteiger charge is 2.48. The lowest BCUT2D eigenvalue weighted by Gasteiger charge is -2.42. The first kappa shape index (κ1) is 25.1. The number of rotatable bonds is 6. The van der Waals surface area contributed by atoms with Gasteiger partial charge in [0, 0.05) is 29.4 Å². The van der Waals surface area contributed by atoms with Crippen molar-refractivity contribution < 1.29 is 22.0 Å². The van der Waals surface area contributed by atoms with Crippen molar-refractivity contribution in [3.63, 3.8) is 0 Å². The molecule has 0 heterocycles. The summed E-state index contributed by atoms with van der Waals surface area (Å²) in [7, 11) is -1.66. The maximum Gasteiger partial charge on any atom is 0.255 e. The van der Waals surface area contributed by atoms with Crippen LogP contribution in [0.5, 0.6) is 0 Å². The predicted molar refractivity (Wildman–Crippen MR) is 129 cm³/mol. The summed E-state index contributed by atoms with van der Waals surface area (Å²) in [5.74, 6) is -2.14. The molecule has 2 unspecified atom stereocenters. The van der Waals surface area contributed by atoms with E-state index in [2.05, 4.69) is 31.1 Å². The van der Waals surface area contributed by atoms with Crippen LogP contribution in [0.3, 0.4) is 0 Å². The van der Waals surface area contributed by atoms with Crippen LogP contribution >= 0.6 is 11.6 Å². The summed E-state index contributed by atoms with van der Waals surface area (Å²) in [4.78, 5) is 15.0. The van der Waals surface area contributed by atoms with Crippen LogP contribution in [0, 0.1) is 23.5 Å². The molecule has 4 rings (SSSR count). The van der Waals surface area contributed by atoms with E-state index in [1.807, 2.05) is 0 Å². The molecule has 9 heteroatoms. The largest absolute Gasteiger partial charge is 0.322 e. The lowest BCUT2D eigenvalue weighted by atomic mass is 9.82. The molecule has 0 spiro atoms. The summed E-state index contributed by atoms with van der Waals surface area (Å²) >= 11 is 6.30. The minimum atomic E-state index is -3.77. The van der Waals surface area contributed by atoms with Crippen molar-refractivity contribution in [3.05, 3.63) is 58.6 Å². The van der Waals surface area contributed by atoms with Crippen LogP contribution in [0.4, 0.5) is 14.5 Å². The number of nitrogens with one attached hydrogen (secondary N) is 1. The summed E-state index contributed by atoms with van der Waals surface area (Å²) in [6.07, 6.45) is 3.18. The average molecular weight is 511 g/mol. The Bertz CT molecular complexity index is 1190. The topological polar surface area (TPSA) is 66.5 Å². The van der Waals surface area contributed by atoms with Crippen molar-refractivity contribution in [2.75, 3.05) is 12.4 Å². The normalized spacial score (nSPS) is 24.6. The summed E-state index contributed by atoms with van der Waals surface area (Å²) in [5.41, 5.74) is 0.135. The van der Waals surface area contributed by atoms with Gasteiger partial charge in [-0.3, -0.25) is 4.79 Å². The Balaban J connectivity index is 1.56. The minimum Gasteiger partial charge on any atom is -0.322 e. The minimum absolute atomic E-state index is 0.0624. The third kappa shape index (κ3) is 4.72. The molecular formula is C25H29ClF2N2O3S. The number of hydrogen-bond donors (Lipinski definition) is 1. The average Bonchev–Trinajstić information content (AvgIpc) is 3.04. The highest BCUT2D eigenvalue weighted by Crippen LogP contribution is 2.48. The predicted octanol–water partition coefficient (Wildman–Crippen LogP) is 5.54. The van der Waals surface area contributed by atoms with Gasteiger partial charge in [0.05, 0.1) is 15.2 Å². The van der Waals surface area contributed by atoms with Gasteiger partial charge in [-0.25, -0.2) is 17.2 Å². The van der Waals surface area contributed by atoms with E-state index in [-0.39, 0.29) is 21.2 Å². The highest BCUT2D eigenvalue weighted by atomic mass is 35.5. The van der Waals surface area contributed by atoms with Crippen LogP contribution in [0.25, 0.3) is 0 Å². The first-order valence-electron chi connectivity index (χ1n) is 11.5. The molecule has 2 atom stereocenters. The quantitative estimate of drug-likeness (QED) is 0.554. The zero-order valence-electron chi connectivity index (χ0n) is 19.4. The van der Waals surface area contributed by atoms with E-state index in [4.69, 9.17) is 11.6 Å². The molecule has 2 aromatic carbocycles. The van der Waals surface area contributed by atoms with Gasteiger partial charge in [0.1, 0.15) is 0 Å². The van der Waals surface area contributed by atoms with Crippen LogP contribution < -0.4 is 5.32 Å². The third-order valence-corrected chi connectivity index (χ3v) is 10.1. The second-order valence-electron chi connectivity index (χ2n) is 9.71. The highest BCUT2D eigenvalue weighted by molar-refractivity contribution is 7.92. The number of carbonyl (C=O) groups excluding carboxylic acids is 1. The van der Waals surface area contributed by atoms with Crippen LogP contribution in [0.2, 0.25) is 5.02 Å². The molecule has 1 amide bonds. The van der Waals surface area contributed by atoms with Gasteiger partial charge in [-0.05, 0) is 88.7 Å². The summed E-state index contributed by atoms with van der Waals surface area (Å²) in [6.45, 7) is 4.30. The summed E-state index contributed by atoms with van der Waals surface area (Å²) in [6, 6.07) is 7.85. The van der Waals surface area contributed by atoms with Crippen molar-refractivity contribution in [1.82, 2.24) is 4.90 Å². The van der Waals surface area contributed by atoms with Gasteiger partial charge < -0.3 is 10.2 Å². The molecule has 34 heavy (non-hydrogen) atoms.